The molecule has 1 atom stereocenters. The highest BCUT2D eigenvalue weighted by atomic mass is 16.5. The number of carbonyl (C=O) groups excluding carboxylic acids is 1. The van der Waals surface area contributed by atoms with Crippen molar-refractivity contribution in [3.63, 3.8) is 0 Å². The second-order valence-electron chi connectivity index (χ2n) is 5.92. The summed E-state index contributed by atoms with van der Waals surface area (Å²) < 4.78 is 12.5. The van der Waals surface area contributed by atoms with E-state index in [1.807, 2.05) is 41.1 Å². The van der Waals surface area contributed by atoms with E-state index in [2.05, 4.69) is 15.3 Å². The lowest BCUT2D eigenvalue weighted by Gasteiger charge is -2.13. The minimum atomic E-state index is -0.118. The van der Waals surface area contributed by atoms with Crippen LogP contribution < -0.4 is 10.1 Å². The van der Waals surface area contributed by atoms with Crippen molar-refractivity contribution in [3.8, 4) is 17.0 Å². The highest BCUT2D eigenvalue weighted by Crippen LogP contribution is 2.31. The first-order valence-electron chi connectivity index (χ1n) is 8.11. The lowest BCUT2D eigenvalue weighted by atomic mass is 10.1. The van der Waals surface area contributed by atoms with Gasteiger partial charge in [0.05, 0.1) is 31.0 Å². The lowest BCUT2D eigenvalue weighted by molar-refractivity contribution is -0.119. The minimum absolute atomic E-state index is 0.0513. The van der Waals surface area contributed by atoms with E-state index in [0.717, 1.165) is 17.7 Å². The molecule has 7 heteroatoms. The SMILES string of the molecule is COc1ccc(-c2cn3cccnc3n2)cc1NC(=O)[C@H]1CCOC1. The standard InChI is InChI=1S/C18H18N4O3/c1-24-16-4-3-12(15-10-22-7-2-6-19-18(22)21-15)9-14(16)20-17(23)13-5-8-25-11-13/h2-4,6-7,9-10,13H,5,8,11H2,1H3,(H,20,23)/t13-/m0/s1. The van der Waals surface area contributed by atoms with Gasteiger partial charge in [-0.05, 0) is 30.7 Å². The highest BCUT2D eigenvalue weighted by molar-refractivity contribution is 5.95. The summed E-state index contributed by atoms with van der Waals surface area (Å²) >= 11 is 0. The Morgan fingerprint density at radius 2 is 2.36 bits per heavy atom. The Kier molecular flexibility index (Phi) is 4.07. The van der Waals surface area contributed by atoms with Crippen LogP contribution in [0.25, 0.3) is 17.0 Å². The molecule has 1 N–H and O–H groups in total. The number of amides is 1. The van der Waals surface area contributed by atoms with Crippen molar-refractivity contribution in [3.05, 3.63) is 42.9 Å². The van der Waals surface area contributed by atoms with E-state index >= 15 is 0 Å². The molecule has 3 aromatic rings. The van der Waals surface area contributed by atoms with Gasteiger partial charge in [-0.3, -0.25) is 9.20 Å². The molecule has 1 aromatic carbocycles. The average Bonchev–Trinajstić information content (AvgIpc) is 3.31. The summed E-state index contributed by atoms with van der Waals surface area (Å²) in [4.78, 5) is 21.1. The number of anilines is 1. The number of imidazole rings is 1. The monoisotopic (exact) mass is 338 g/mol. The van der Waals surface area contributed by atoms with Crippen molar-refractivity contribution < 1.29 is 14.3 Å². The summed E-state index contributed by atoms with van der Waals surface area (Å²) in [6.07, 6.45) is 6.24. The molecule has 0 saturated carbocycles. The predicted octanol–water partition coefficient (Wildman–Crippen LogP) is 2.38. The van der Waals surface area contributed by atoms with Gasteiger partial charge in [0.15, 0.2) is 0 Å². The summed E-state index contributed by atoms with van der Waals surface area (Å²) in [6, 6.07) is 7.46. The zero-order valence-corrected chi connectivity index (χ0v) is 13.8. The second kappa shape index (κ2) is 6.52. The number of methoxy groups -OCH3 is 1. The maximum Gasteiger partial charge on any atom is 0.234 e. The summed E-state index contributed by atoms with van der Waals surface area (Å²) in [5.74, 6) is 1.07. The quantitative estimate of drug-likeness (QED) is 0.790. The maximum atomic E-state index is 12.4. The maximum absolute atomic E-state index is 12.4. The molecular formula is C18H18N4O3. The number of aromatic nitrogens is 3. The van der Waals surface area contributed by atoms with Crippen LogP contribution in [0.4, 0.5) is 5.69 Å². The molecule has 0 aliphatic carbocycles. The van der Waals surface area contributed by atoms with E-state index < -0.39 is 0 Å². The predicted molar refractivity (Wildman–Crippen MR) is 92.5 cm³/mol. The van der Waals surface area contributed by atoms with Gasteiger partial charge in [0.1, 0.15) is 5.75 Å². The topological polar surface area (TPSA) is 77.8 Å². The van der Waals surface area contributed by atoms with Crippen molar-refractivity contribution in [2.24, 2.45) is 5.92 Å². The van der Waals surface area contributed by atoms with Crippen LogP contribution >= 0.6 is 0 Å². The number of rotatable bonds is 4. The Morgan fingerprint density at radius 3 is 3.12 bits per heavy atom. The first kappa shape index (κ1) is 15.6. The van der Waals surface area contributed by atoms with E-state index in [-0.39, 0.29) is 11.8 Å². The molecule has 0 unspecified atom stereocenters. The first-order chi connectivity index (χ1) is 12.2. The molecule has 1 fully saturated rings. The smallest absolute Gasteiger partial charge is 0.234 e. The summed E-state index contributed by atoms with van der Waals surface area (Å²) in [6.45, 7) is 1.09. The summed E-state index contributed by atoms with van der Waals surface area (Å²) in [5, 5.41) is 2.95. The summed E-state index contributed by atoms with van der Waals surface area (Å²) in [5.41, 5.74) is 2.28. The Labute approximate surface area is 144 Å². The number of nitrogens with one attached hydrogen (secondary N) is 1. The van der Waals surface area contributed by atoms with Crippen LogP contribution in [-0.2, 0) is 9.53 Å². The fourth-order valence-corrected chi connectivity index (χ4v) is 2.91. The molecule has 0 bridgehead atoms. The zero-order valence-electron chi connectivity index (χ0n) is 13.8. The number of ether oxygens (including phenoxy) is 2. The Bertz CT molecular complexity index is 883. The zero-order chi connectivity index (χ0) is 17.2. The van der Waals surface area contributed by atoms with Gasteiger partial charge in [-0.2, -0.15) is 0 Å². The molecule has 2 aromatic heterocycles. The molecule has 1 saturated heterocycles. The van der Waals surface area contributed by atoms with Crippen LogP contribution in [0.5, 0.6) is 5.75 Å². The van der Waals surface area contributed by atoms with Gasteiger partial charge in [0.2, 0.25) is 11.7 Å². The number of benzene rings is 1. The number of nitrogens with zero attached hydrogens (tertiary/aromatic N) is 3. The van der Waals surface area contributed by atoms with Gasteiger partial charge >= 0.3 is 0 Å². The Hall–Kier alpha value is -2.93. The number of carbonyl (C=O) groups is 1. The molecule has 0 radical (unpaired) electrons. The third kappa shape index (κ3) is 3.06. The number of hydrogen-bond acceptors (Lipinski definition) is 5. The molecule has 7 nitrogen and oxygen atoms in total. The van der Waals surface area contributed by atoms with E-state index in [0.29, 0.717) is 30.4 Å². The number of fused-ring (bicyclic) bond motifs is 1. The van der Waals surface area contributed by atoms with Gasteiger partial charge in [-0.15, -0.1) is 0 Å². The van der Waals surface area contributed by atoms with Gasteiger partial charge in [-0.25, -0.2) is 9.97 Å². The first-order valence-corrected chi connectivity index (χ1v) is 8.11. The fraction of sp³-hybridized carbons (Fsp3) is 0.278. The molecule has 3 heterocycles. The van der Waals surface area contributed by atoms with Crippen LogP contribution in [0.15, 0.2) is 42.9 Å². The van der Waals surface area contributed by atoms with Crippen molar-refractivity contribution in [1.82, 2.24) is 14.4 Å². The average molecular weight is 338 g/mol. The molecule has 4 rings (SSSR count). The molecular weight excluding hydrogens is 320 g/mol. The van der Waals surface area contributed by atoms with Crippen LogP contribution in [0.2, 0.25) is 0 Å². The van der Waals surface area contributed by atoms with Crippen LogP contribution in [0, 0.1) is 5.92 Å². The largest absolute Gasteiger partial charge is 0.495 e. The van der Waals surface area contributed by atoms with Crippen molar-refractivity contribution in [1.29, 1.82) is 0 Å². The van der Waals surface area contributed by atoms with Gasteiger partial charge in [0, 0.05) is 30.8 Å². The molecule has 1 aliphatic heterocycles. The molecule has 128 valence electrons. The van der Waals surface area contributed by atoms with Crippen molar-refractivity contribution in [2.45, 2.75) is 6.42 Å². The molecule has 1 aliphatic rings. The van der Waals surface area contributed by atoms with E-state index in [9.17, 15) is 4.79 Å². The van der Waals surface area contributed by atoms with Gasteiger partial charge in [0.25, 0.3) is 0 Å². The fourth-order valence-electron chi connectivity index (χ4n) is 2.91. The lowest BCUT2D eigenvalue weighted by Crippen LogP contribution is -2.23. The van der Waals surface area contributed by atoms with E-state index in [1.54, 1.807) is 13.3 Å². The number of hydrogen-bond donors (Lipinski definition) is 1. The van der Waals surface area contributed by atoms with Crippen LogP contribution in [-0.4, -0.2) is 40.6 Å². The third-order valence-electron chi connectivity index (χ3n) is 4.29. The third-order valence-corrected chi connectivity index (χ3v) is 4.29. The van der Waals surface area contributed by atoms with Gasteiger partial charge in [-0.1, -0.05) is 0 Å². The summed E-state index contributed by atoms with van der Waals surface area (Å²) in [7, 11) is 1.58. The minimum Gasteiger partial charge on any atom is -0.495 e. The van der Waals surface area contributed by atoms with Crippen molar-refractivity contribution in [2.75, 3.05) is 25.6 Å². The van der Waals surface area contributed by atoms with Gasteiger partial charge < -0.3 is 14.8 Å². The normalized spacial score (nSPS) is 16.9. The Balaban J connectivity index is 1.66. The van der Waals surface area contributed by atoms with Crippen molar-refractivity contribution >= 4 is 17.4 Å². The van der Waals surface area contributed by atoms with E-state index in [4.69, 9.17) is 9.47 Å². The Morgan fingerprint density at radius 1 is 1.44 bits per heavy atom. The highest BCUT2D eigenvalue weighted by Gasteiger charge is 2.24. The molecule has 0 spiro atoms. The second-order valence-corrected chi connectivity index (χ2v) is 5.92. The van der Waals surface area contributed by atoms with E-state index in [1.165, 1.54) is 0 Å². The molecule has 1 amide bonds. The van der Waals surface area contributed by atoms with Crippen LogP contribution in [0.1, 0.15) is 6.42 Å². The molecule has 25 heavy (non-hydrogen) atoms. The van der Waals surface area contributed by atoms with Crippen LogP contribution in [0.3, 0.4) is 0 Å².